The summed E-state index contributed by atoms with van der Waals surface area (Å²) >= 11 is 7.58. The molecule has 24 heavy (non-hydrogen) atoms. The molecule has 0 saturated heterocycles. The van der Waals surface area contributed by atoms with Gasteiger partial charge in [-0.05, 0) is 54.1 Å². The molecule has 0 spiro atoms. The van der Waals surface area contributed by atoms with Crippen LogP contribution in [0.15, 0.2) is 58.8 Å². The first-order valence-corrected chi connectivity index (χ1v) is 8.67. The average Bonchev–Trinajstić information content (AvgIpc) is 3.05. The van der Waals surface area contributed by atoms with E-state index in [1.165, 1.54) is 0 Å². The predicted octanol–water partition coefficient (Wildman–Crippen LogP) is 3.97. The van der Waals surface area contributed by atoms with Crippen LogP contribution in [0, 0.1) is 0 Å². The maximum Gasteiger partial charge on any atom is 0.212 e. The van der Waals surface area contributed by atoms with Crippen LogP contribution in [0.5, 0.6) is 5.75 Å². The lowest BCUT2D eigenvalue weighted by atomic mass is 10.1. The molecule has 120 valence electrons. The molecule has 4 rings (SSSR count). The first kappa shape index (κ1) is 15.2. The minimum Gasteiger partial charge on any atom is -0.497 e. The molecular formula is C17H13ClN4OS. The molecule has 0 aliphatic carbocycles. The molecule has 7 heteroatoms. The Morgan fingerprint density at radius 2 is 1.71 bits per heavy atom. The number of hydrogen-bond donors (Lipinski definition) is 0. The lowest BCUT2D eigenvalue weighted by Crippen LogP contribution is -2.13. The molecule has 1 aliphatic rings. The molecular weight excluding hydrogens is 344 g/mol. The highest BCUT2D eigenvalue weighted by molar-refractivity contribution is 7.99. The molecule has 0 atom stereocenters. The maximum atomic E-state index is 5.96. The van der Waals surface area contributed by atoms with Crippen molar-refractivity contribution in [2.24, 2.45) is 5.10 Å². The van der Waals surface area contributed by atoms with E-state index in [0.717, 1.165) is 33.5 Å². The molecule has 1 aliphatic heterocycles. The summed E-state index contributed by atoms with van der Waals surface area (Å²) in [6.45, 7) is 0. The van der Waals surface area contributed by atoms with Crippen molar-refractivity contribution in [2.45, 2.75) is 5.16 Å². The Balaban J connectivity index is 1.74. The lowest BCUT2D eigenvalue weighted by molar-refractivity contribution is 0.415. The normalized spacial score (nSPS) is 13.3. The molecule has 2 aromatic carbocycles. The van der Waals surface area contributed by atoms with Gasteiger partial charge >= 0.3 is 0 Å². The lowest BCUT2D eigenvalue weighted by Gasteiger charge is -2.14. The fourth-order valence-electron chi connectivity index (χ4n) is 2.43. The van der Waals surface area contributed by atoms with Gasteiger partial charge in [-0.15, -0.1) is 10.2 Å². The number of ether oxygens (including phenoxy) is 1. The average molecular weight is 357 g/mol. The Labute approximate surface area is 148 Å². The molecule has 1 aromatic heterocycles. The van der Waals surface area contributed by atoms with Crippen molar-refractivity contribution in [3.63, 3.8) is 0 Å². The second kappa shape index (κ2) is 6.30. The summed E-state index contributed by atoms with van der Waals surface area (Å²) in [5, 5.41) is 14.7. The molecule has 0 fully saturated rings. The summed E-state index contributed by atoms with van der Waals surface area (Å²) in [7, 11) is 1.66. The predicted molar refractivity (Wildman–Crippen MR) is 96.1 cm³/mol. The highest BCUT2D eigenvalue weighted by atomic mass is 35.5. The van der Waals surface area contributed by atoms with Crippen LogP contribution in [0.3, 0.4) is 0 Å². The number of halogens is 1. The van der Waals surface area contributed by atoms with Gasteiger partial charge in [-0.3, -0.25) is 0 Å². The molecule has 0 saturated carbocycles. The van der Waals surface area contributed by atoms with Crippen LogP contribution >= 0.6 is 23.4 Å². The number of hydrogen-bond acceptors (Lipinski definition) is 5. The van der Waals surface area contributed by atoms with Gasteiger partial charge in [0.1, 0.15) is 5.75 Å². The molecule has 5 nitrogen and oxygen atoms in total. The SMILES string of the molecule is COc1ccc(C2=Nn3c(nnc3-c3ccc(Cl)cc3)SC2)cc1. The summed E-state index contributed by atoms with van der Waals surface area (Å²) < 4.78 is 6.99. The zero-order valence-corrected chi connectivity index (χ0v) is 14.4. The Morgan fingerprint density at radius 3 is 2.42 bits per heavy atom. The fraction of sp³-hybridized carbons (Fsp3) is 0.118. The first-order valence-electron chi connectivity index (χ1n) is 7.31. The number of methoxy groups -OCH3 is 1. The summed E-state index contributed by atoms with van der Waals surface area (Å²) in [6, 6.07) is 15.4. The molecule has 0 unspecified atom stereocenters. The van der Waals surface area contributed by atoms with E-state index in [9.17, 15) is 0 Å². The molecule has 0 radical (unpaired) electrons. The molecule has 0 amide bonds. The van der Waals surface area contributed by atoms with Crippen molar-refractivity contribution >= 4 is 29.1 Å². The van der Waals surface area contributed by atoms with Crippen LogP contribution in [-0.4, -0.2) is 33.4 Å². The van der Waals surface area contributed by atoms with Crippen molar-refractivity contribution < 1.29 is 4.74 Å². The van der Waals surface area contributed by atoms with Crippen LogP contribution < -0.4 is 4.74 Å². The summed E-state index contributed by atoms with van der Waals surface area (Å²) in [5.74, 6) is 2.29. The standard InChI is InChI=1S/C17H13ClN4OS/c1-23-14-8-4-11(5-9-14)15-10-24-17-20-19-16(22(17)21-15)12-2-6-13(18)7-3-12/h2-9H,10H2,1H3. The van der Waals surface area contributed by atoms with Gasteiger partial charge in [-0.1, -0.05) is 23.4 Å². The van der Waals surface area contributed by atoms with Gasteiger partial charge in [-0.25, -0.2) is 0 Å². The number of rotatable bonds is 3. The highest BCUT2D eigenvalue weighted by Crippen LogP contribution is 2.29. The zero-order valence-electron chi connectivity index (χ0n) is 12.8. The smallest absolute Gasteiger partial charge is 0.212 e. The van der Waals surface area contributed by atoms with Gasteiger partial charge in [0.2, 0.25) is 5.16 Å². The van der Waals surface area contributed by atoms with Crippen LogP contribution in [0.25, 0.3) is 11.4 Å². The molecule has 0 bridgehead atoms. The third-order valence-corrected chi connectivity index (χ3v) is 4.88. The van der Waals surface area contributed by atoms with E-state index in [4.69, 9.17) is 21.4 Å². The largest absolute Gasteiger partial charge is 0.497 e. The number of thioether (sulfide) groups is 1. The van der Waals surface area contributed by atoms with Gasteiger partial charge in [0.25, 0.3) is 0 Å². The van der Waals surface area contributed by atoms with E-state index in [2.05, 4.69) is 10.2 Å². The number of aromatic nitrogens is 3. The summed E-state index contributed by atoms with van der Waals surface area (Å²) in [6.07, 6.45) is 0. The van der Waals surface area contributed by atoms with Gasteiger partial charge in [0.15, 0.2) is 5.82 Å². The molecule has 2 heterocycles. The minimum absolute atomic E-state index is 0.689. The van der Waals surface area contributed by atoms with E-state index >= 15 is 0 Å². The monoisotopic (exact) mass is 356 g/mol. The molecule has 3 aromatic rings. The Hall–Kier alpha value is -2.31. The number of fused-ring (bicyclic) bond motifs is 1. The third-order valence-electron chi connectivity index (χ3n) is 3.70. The van der Waals surface area contributed by atoms with Gasteiger partial charge in [0, 0.05) is 16.3 Å². The highest BCUT2D eigenvalue weighted by Gasteiger charge is 2.20. The Morgan fingerprint density at radius 1 is 1.00 bits per heavy atom. The van der Waals surface area contributed by atoms with E-state index in [0.29, 0.717) is 10.8 Å². The van der Waals surface area contributed by atoms with E-state index < -0.39 is 0 Å². The van der Waals surface area contributed by atoms with Gasteiger partial charge < -0.3 is 4.74 Å². The van der Waals surface area contributed by atoms with Crippen LogP contribution in [0.2, 0.25) is 5.02 Å². The number of nitrogens with zero attached hydrogens (tertiary/aromatic N) is 4. The van der Waals surface area contributed by atoms with Crippen molar-refractivity contribution in [3.8, 4) is 17.1 Å². The Kier molecular flexibility index (Phi) is 4.00. The van der Waals surface area contributed by atoms with Crippen molar-refractivity contribution in [1.29, 1.82) is 0 Å². The van der Waals surface area contributed by atoms with Crippen LogP contribution in [0.4, 0.5) is 0 Å². The fourth-order valence-corrected chi connectivity index (χ4v) is 3.40. The van der Waals surface area contributed by atoms with Gasteiger partial charge in [0.05, 0.1) is 12.8 Å². The van der Waals surface area contributed by atoms with Crippen molar-refractivity contribution in [3.05, 3.63) is 59.1 Å². The quantitative estimate of drug-likeness (QED) is 0.712. The second-order valence-corrected chi connectivity index (χ2v) is 6.57. The van der Waals surface area contributed by atoms with E-state index in [1.54, 1.807) is 23.5 Å². The summed E-state index contributed by atoms with van der Waals surface area (Å²) in [5.41, 5.74) is 2.97. The zero-order chi connectivity index (χ0) is 16.5. The van der Waals surface area contributed by atoms with Crippen molar-refractivity contribution in [2.75, 3.05) is 12.9 Å². The second-order valence-electron chi connectivity index (χ2n) is 5.19. The van der Waals surface area contributed by atoms with Crippen molar-refractivity contribution in [1.82, 2.24) is 14.9 Å². The Bertz CT molecular complexity index is 903. The topological polar surface area (TPSA) is 52.3 Å². The molecule has 0 N–H and O–H groups in total. The third kappa shape index (κ3) is 2.79. The number of benzene rings is 2. The van der Waals surface area contributed by atoms with Crippen LogP contribution in [-0.2, 0) is 0 Å². The van der Waals surface area contributed by atoms with Gasteiger partial charge in [-0.2, -0.15) is 9.78 Å². The van der Waals surface area contributed by atoms with Crippen LogP contribution in [0.1, 0.15) is 5.56 Å². The minimum atomic E-state index is 0.689. The maximum absolute atomic E-state index is 5.96. The van der Waals surface area contributed by atoms with E-state index in [-0.39, 0.29) is 0 Å². The first-order chi connectivity index (χ1) is 11.7. The summed E-state index contributed by atoms with van der Waals surface area (Å²) in [4.78, 5) is 0. The van der Waals surface area contributed by atoms with E-state index in [1.807, 2.05) is 48.5 Å².